The van der Waals surface area contributed by atoms with Crippen LogP contribution in [0.5, 0.6) is 0 Å². The summed E-state index contributed by atoms with van der Waals surface area (Å²) in [7, 11) is 0. The van der Waals surface area contributed by atoms with Crippen LogP contribution in [0, 0.1) is 16.3 Å². The molecule has 0 aliphatic heterocycles. The third-order valence-corrected chi connectivity index (χ3v) is 3.11. The Morgan fingerprint density at radius 2 is 2.29 bits per heavy atom. The van der Waals surface area contributed by atoms with E-state index >= 15 is 0 Å². The summed E-state index contributed by atoms with van der Waals surface area (Å²) in [5.41, 5.74) is 1.48. The molecular weight excluding hydrogens is 334 g/mol. The molecule has 17 heavy (non-hydrogen) atoms. The van der Waals surface area contributed by atoms with E-state index in [0.29, 0.717) is 6.54 Å². The van der Waals surface area contributed by atoms with Gasteiger partial charge < -0.3 is 5.11 Å². The van der Waals surface area contributed by atoms with Crippen LogP contribution < -0.4 is 0 Å². The van der Waals surface area contributed by atoms with Gasteiger partial charge in [0.05, 0.1) is 22.4 Å². The standard InChI is InChI=1S/C12H12FIN2O/c1-8-4-9(13)2-3-11(8)12(17)7-16-6-10(14)5-15-16/h2-6,12,17H,7H2,1H3. The maximum atomic E-state index is 12.9. The Labute approximate surface area is 112 Å². The number of rotatable bonds is 3. The van der Waals surface area contributed by atoms with Crippen molar-refractivity contribution < 1.29 is 9.50 Å². The molecule has 0 amide bonds. The highest BCUT2D eigenvalue weighted by Gasteiger charge is 2.12. The van der Waals surface area contributed by atoms with Crippen LogP contribution in [0.15, 0.2) is 30.6 Å². The zero-order valence-electron chi connectivity index (χ0n) is 9.27. The lowest BCUT2D eigenvalue weighted by Crippen LogP contribution is -2.10. The fraction of sp³-hybridized carbons (Fsp3) is 0.250. The molecule has 0 aliphatic rings. The first kappa shape index (κ1) is 12.5. The molecule has 0 radical (unpaired) electrons. The summed E-state index contributed by atoms with van der Waals surface area (Å²) in [5.74, 6) is -0.285. The van der Waals surface area contributed by atoms with Crippen molar-refractivity contribution in [2.75, 3.05) is 0 Å². The predicted molar refractivity (Wildman–Crippen MR) is 71.0 cm³/mol. The van der Waals surface area contributed by atoms with E-state index in [2.05, 4.69) is 27.7 Å². The number of halogens is 2. The smallest absolute Gasteiger partial charge is 0.123 e. The Hall–Kier alpha value is -0.950. The Balaban J connectivity index is 2.17. The maximum absolute atomic E-state index is 12.9. The summed E-state index contributed by atoms with van der Waals surface area (Å²) in [6, 6.07) is 4.40. The van der Waals surface area contributed by atoms with Gasteiger partial charge >= 0.3 is 0 Å². The largest absolute Gasteiger partial charge is 0.386 e. The Morgan fingerprint density at radius 1 is 1.53 bits per heavy atom. The molecule has 2 aromatic rings. The zero-order valence-corrected chi connectivity index (χ0v) is 11.4. The van der Waals surface area contributed by atoms with Crippen molar-refractivity contribution in [2.45, 2.75) is 19.6 Å². The first-order chi connectivity index (χ1) is 8.06. The number of hydrogen-bond acceptors (Lipinski definition) is 2. The topological polar surface area (TPSA) is 38.0 Å². The van der Waals surface area contributed by atoms with Gasteiger partial charge in [0.1, 0.15) is 5.82 Å². The van der Waals surface area contributed by atoms with Gasteiger partial charge in [0.15, 0.2) is 0 Å². The molecule has 0 saturated carbocycles. The highest BCUT2D eigenvalue weighted by Crippen LogP contribution is 2.20. The fourth-order valence-corrected chi connectivity index (χ4v) is 2.17. The summed E-state index contributed by atoms with van der Waals surface area (Å²) in [6.45, 7) is 2.16. The van der Waals surface area contributed by atoms with E-state index in [9.17, 15) is 9.50 Å². The van der Waals surface area contributed by atoms with Crippen molar-refractivity contribution in [2.24, 2.45) is 0 Å². The lowest BCUT2D eigenvalue weighted by molar-refractivity contribution is 0.151. The molecular formula is C12H12FIN2O. The van der Waals surface area contributed by atoms with Crippen molar-refractivity contribution in [3.8, 4) is 0 Å². The summed E-state index contributed by atoms with van der Waals surface area (Å²) in [5, 5.41) is 14.2. The van der Waals surface area contributed by atoms with Gasteiger partial charge in [-0.1, -0.05) is 6.07 Å². The highest BCUT2D eigenvalue weighted by molar-refractivity contribution is 14.1. The fourth-order valence-electron chi connectivity index (χ4n) is 1.73. The van der Waals surface area contributed by atoms with Gasteiger partial charge in [-0.25, -0.2) is 4.39 Å². The van der Waals surface area contributed by atoms with E-state index in [4.69, 9.17) is 0 Å². The molecule has 1 aromatic heterocycles. The molecule has 90 valence electrons. The summed E-state index contributed by atoms with van der Waals surface area (Å²) < 4.78 is 15.6. The van der Waals surface area contributed by atoms with Crippen LogP contribution in [0.4, 0.5) is 4.39 Å². The van der Waals surface area contributed by atoms with Gasteiger partial charge in [0.25, 0.3) is 0 Å². The van der Waals surface area contributed by atoms with Crippen LogP contribution in [-0.2, 0) is 6.54 Å². The van der Waals surface area contributed by atoms with Crippen LogP contribution in [0.25, 0.3) is 0 Å². The minimum atomic E-state index is -0.675. The third kappa shape index (κ3) is 3.04. The molecule has 1 aromatic carbocycles. The molecule has 1 atom stereocenters. The summed E-state index contributed by atoms with van der Waals surface area (Å²) in [6.07, 6.45) is 2.90. The van der Waals surface area contributed by atoms with Crippen LogP contribution >= 0.6 is 22.6 Å². The SMILES string of the molecule is Cc1cc(F)ccc1C(O)Cn1cc(I)cn1. The van der Waals surface area contributed by atoms with Crippen LogP contribution in [0.1, 0.15) is 17.2 Å². The normalized spacial score (nSPS) is 12.7. The Kier molecular flexibility index (Phi) is 3.78. The number of aliphatic hydroxyl groups excluding tert-OH is 1. The molecule has 0 fully saturated rings. The van der Waals surface area contributed by atoms with E-state index in [1.54, 1.807) is 23.9 Å². The molecule has 2 rings (SSSR count). The number of aliphatic hydroxyl groups is 1. The van der Waals surface area contributed by atoms with E-state index < -0.39 is 6.10 Å². The minimum Gasteiger partial charge on any atom is -0.386 e. The van der Waals surface area contributed by atoms with Crippen molar-refractivity contribution in [3.63, 3.8) is 0 Å². The van der Waals surface area contributed by atoms with Crippen LogP contribution in [0.2, 0.25) is 0 Å². The molecule has 0 bridgehead atoms. The van der Waals surface area contributed by atoms with E-state index in [1.807, 2.05) is 6.20 Å². The van der Waals surface area contributed by atoms with Crippen LogP contribution in [0.3, 0.4) is 0 Å². The van der Waals surface area contributed by atoms with Crippen molar-refractivity contribution in [1.82, 2.24) is 9.78 Å². The second-order valence-electron chi connectivity index (χ2n) is 3.90. The van der Waals surface area contributed by atoms with Crippen molar-refractivity contribution in [3.05, 3.63) is 51.1 Å². The molecule has 3 nitrogen and oxygen atoms in total. The number of hydrogen-bond donors (Lipinski definition) is 1. The van der Waals surface area contributed by atoms with Gasteiger partial charge in [0.2, 0.25) is 0 Å². The molecule has 0 aliphatic carbocycles. The zero-order chi connectivity index (χ0) is 12.4. The van der Waals surface area contributed by atoms with Crippen molar-refractivity contribution in [1.29, 1.82) is 0 Å². The van der Waals surface area contributed by atoms with E-state index in [0.717, 1.165) is 14.7 Å². The monoisotopic (exact) mass is 346 g/mol. The summed E-state index contributed by atoms with van der Waals surface area (Å²) in [4.78, 5) is 0. The molecule has 1 N–H and O–H groups in total. The Bertz CT molecular complexity index is 527. The van der Waals surface area contributed by atoms with E-state index in [-0.39, 0.29) is 5.82 Å². The van der Waals surface area contributed by atoms with Gasteiger partial charge in [-0.15, -0.1) is 0 Å². The van der Waals surface area contributed by atoms with Crippen molar-refractivity contribution >= 4 is 22.6 Å². The maximum Gasteiger partial charge on any atom is 0.123 e. The lowest BCUT2D eigenvalue weighted by Gasteiger charge is -2.13. The number of nitrogens with zero attached hydrogens (tertiary/aromatic N) is 2. The predicted octanol–water partition coefficient (Wildman–Crippen LogP) is 2.67. The minimum absolute atomic E-state index is 0.285. The molecule has 0 saturated heterocycles. The quantitative estimate of drug-likeness (QED) is 0.868. The number of aromatic nitrogens is 2. The molecule has 1 heterocycles. The van der Waals surface area contributed by atoms with Gasteiger partial charge in [-0.3, -0.25) is 4.68 Å². The van der Waals surface area contributed by atoms with Gasteiger partial charge in [0, 0.05) is 6.20 Å². The van der Waals surface area contributed by atoms with Crippen LogP contribution in [-0.4, -0.2) is 14.9 Å². The first-order valence-corrected chi connectivity index (χ1v) is 6.26. The number of aryl methyl sites for hydroxylation is 1. The molecule has 1 unspecified atom stereocenters. The van der Waals surface area contributed by atoms with E-state index in [1.165, 1.54) is 12.1 Å². The number of benzene rings is 1. The van der Waals surface area contributed by atoms with Gasteiger partial charge in [-0.2, -0.15) is 5.10 Å². The average molecular weight is 346 g/mol. The highest BCUT2D eigenvalue weighted by atomic mass is 127. The molecule has 0 spiro atoms. The lowest BCUT2D eigenvalue weighted by atomic mass is 10.0. The first-order valence-electron chi connectivity index (χ1n) is 5.18. The average Bonchev–Trinajstić information content (AvgIpc) is 2.63. The summed E-state index contributed by atoms with van der Waals surface area (Å²) >= 11 is 2.16. The molecule has 5 heteroatoms. The second-order valence-corrected chi connectivity index (χ2v) is 5.14. The second kappa shape index (κ2) is 5.14. The Morgan fingerprint density at radius 3 is 2.88 bits per heavy atom. The third-order valence-electron chi connectivity index (χ3n) is 2.55. The van der Waals surface area contributed by atoms with Gasteiger partial charge in [-0.05, 0) is 52.8 Å².